The van der Waals surface area contributed by atoms with Crippen LogP contribution in [0.2, 0.25) is 5.02 Å². The third-order valence-electron chi connectivity index (χ3n) is 6.75. The van der Waals surface area contributed by atoms with Crippen LogP contribution in [0.5, 0.6) is 0 Å². The molecule has 1 aliphatic carbocycles. The average molecular weight is 553 g/mol. The second kappa shape index (κ2) is 9.77. The van der Waals surface area contributed by atoms with Gasteiger partial charge in [0.25, 0.3) is 5.91 Å². The monoisotopic (exact) mass is 552 g/mol. The number of carbonyl (C=O) groups excluding carboxylic acids is 1. The number of hydrogen-bond acceptors (Lipinski definition) is 6. The summed E-state index contributed by atoms with van der Waals surface area (Å²) in [5, 5.41) is 15.7. The predicted molar refractivity (Wildman–Crippen MR) is 137 cm³/mol. The van der Waals surface area contributed by atoms with Gasteiger partial charge in [0.05, 0.1) is 58.6 Å². The lowest BCUT2D eigenvalue weighted by molar-refractivity contribution is -0.143. The molecule has 1 fully saturated rings. The molecule has 4 aromatic heterocycles. The molecule has 39 heavy (non-hydrogen) atoms. The minimum absolute atomic E-state index is 0.0924. The predicted octanol–water partition coefficient (Wildman–Crippen LogP) is 5.98. The topological polar surface area (TPSA) is 103 Å². The molecule has 6 rings (SSSR count). The standard InChI is InChI=1S/C26H20ClF3N8O/c27-20-11-16(12-32-24(20)38-33-9-10-34-38)36-25(39)19-13-35-37(23(19)26(28,29)30)21-14-31-22(15-5-1-2-6-15)18-8-4-3-7-17(18)21/h3-4,7-15H,1-2,5-6H2,(H,36,39). The maximum Gasteiger partial charge on any atom is 0.434 e. The van der Waals surface area contributed by atoms with Gasteiger partial charge in [0.1, 0.15) is 0 Å². The molecular formula is C26H20ClF3N8O. The van der Waals surface area contributed by atoms with Gasteiger partial charge in [0.2, 0.25) is 0 Å². The highest BCUT2D eigenvalue weighted by Gasteiger charge is 2.41. The van der Waals surface area contributed by atoms with E-state index >= 15 is 0 Å². The molecule has 1 amide bonds. The van der Waals surface area contributed by atoms with Crippen LogP contribution in [-0.2, 0) is 6.18 Å². The van der Waals surface area contributed by atoms with E-state index in [1.807, 2.05) is 12.1 Å². The maximum absolute atomic E-state index is 14.4. The number of halogens is 4. The molecule has 0 radical (unpaired) electrons. The summed E-state index contributed by atoms with van der Waals surface area (Å²) in [6.07, 6.45) is 5.72. The Kier molecular flexibility index (Phi) is 6.26. The fourth-order valence-corrected chi connectivity index (χ4v) is 5.27. The van der Waals surface area contributed by atoms with Crippen molar-refractivity contribution >= 4 is 34.0 Å². The molecule has 198 valence electrons. The Bertz CT molecular complexity index is 1680. The number of nitrogens with one attached hydrogen (secondary N) is 1. The third kappa shape index (κ3) is 4.60. The van der Waals surface area contributed by atoms with Crippen LogP contribution < -0.4 is 5.32 Å². The van der Waals surface area contributed by atoms with Crippen LogP contribution in [0.3, 0.4) is 0 Å². The quantitative estimate of drug-likeness (QED) is 0.288. The number of alkyl halides is 3. The van der Waals surface area contributed by atoms with Crippen LogP contribution >= 0.6 is 11.6 Å². The van der Waals surface area contributed by atoms with Crippen molar-refractivity contribution in [2.24, 2.45) is 0 Å². The van der Waals surface area contributed by atoms with E-state index in [-0.39, 0.29) is 28.1 Å². The molecule has 1 saturated carbocycles. The second-order valence-electron chi connectivity index (χ2n) is 9.17. The summed E-state index contributed by atoms with van der Waals surface area (Å²) in [7, 11) is 0. The number of nitrogens with zero attached hydrogens (tertiary/aromatic N) is 7. The average Bonchev–Trinajstić information content (AvgIpc) is 3.70. The molecule has 4 heterocycles. The van der Waals surface area contributed by atoms with Gasteiger partial charge >= 0.3 is 6.18 Å². The molecule has 1 N–H and O–H groups in total. The number of aromatic nitrogens is 7. The lowest BCUT2D eigenvalue weighted by atomic mass is 9.97. The van der Waals surface area contributed by atoms with Crippen molar-refractivity contribution in [3.8, 4) is 11.5 Å². The highest BCUT2D eigenvalue weighted by molar-refractivity contribution is 6.32. The van der Waals surface area contributed by atoms with Crippen LogP contribution in [0.15, 0.2) is 61.3 Å². The number of hydrogen-bond donors (Lipinski definition) is 1. The third-order valence-corrected chi connectivity index (χ3v) is 7.02. The number of pyridine rings is 2. The molecule has 9 nitrogen and oxygen atoms in total. The van der Waals surface area contributed by atoms with E-state index in [0.717, 1.165) is 47.6 Å². The fourth-order valence-electron chi connectivity index (χ4n) is 5.03. The summed E-state index contributed by atoms with van der Waals surface area (Å²) in [6.45, 7) is 0. The van der Waals surface area contributed by atoms with Gasteiger partial charge in [-0.2, -0.15) is 28.5 Å². The zero-order valence-electron chi connectivity index (χ0n) is 20.2. The smallest absolute Gasteiger partial charge is 0.320 e. The minimum Gasteiger partial charge on any atom is -0.320 e. The second-order valence-corrected chi connectivity index (χ2v) is 9.58. The maximum atomic E-state index is 14.4. The molecule has 5 aromatic rings. The van der Waals surface area contributed by atoms with Gasteiger partial charge in [-0.15, -0.1) is 4.80 Å². The van der Waals surface area contributed by atoms with Crippen molar-refractivity contribution < 1.29 is 18.0 Å². The Hall–Kier alpha value is -4.32. The number of carbonyl (C=O) groups is 1. The van der Waals surface area contributed by atoms with E-state index in [0.29, 0.717) is 5.39 Å². The number of anilines is 1. The zero-order valence-corrected chi connectivity index (χ0v) is 21.0. The van der Waals surface area contributed by atoms with Gasteiger partial charge in [-0.05, 0) is 18.9 Å². The molecule has 13 heteroatoms. The summed E-state index contributed by atoms with van der Waals surface area (Å²) >= 11 is 6.24. The van der Waals surface area contributed by atoms with Gasteiger partial charge in [-0.25, -0.2) is 9.67 Å². The highest BCUT2D eigenvalue weighted by atomic mass is 35.5. The summed E-state index contributed by atoms with van der Waals surface area (Å²) in [5.74, 6) is -0.555. The molecule has 0 saturated heterocycles. The summed E-state index contributed by atoms with van der Waals surface area (Å²) in [6, 6.07) is 8.56. The van der Waals surface area contributed by atoms with Crippen molar-refractivity contribution in [1.82, 2.24) is 34.7 Å². The summed E-state index contributed by atoms with van der Waals surface area (Å²) < 4.78 is 44.0. The first-order valence-corrected chi connectivity index (χ1v) is 12.6. The van der Waals surface area contributed by atoms with E-state index in [4.69, 9.17) is 11.6 Å². The molecule has 0 aliphatic heterocycles. The van der Waals surface area contributed by atoms with E-state index in [9.17, 15) is 18.0 Å². The molecule has 0 unspecified atom stereocenters. The Morgan fingerprint density at radius 3 is 2.38 bits per heavy atom. The molecule has 1 aromatic carbocycles. The van der Waals surface area contributed by atoms with E-state index in [1.165, 1.54) is 35.7 Å². The van der Waals surface area contributed by atoms with Gasteiger partial charge in [0.15, 0.2) is 11.5 Å². The van der Waals surface area contributed by atoms with Crippen molar-refractivity contribution in [2.75, 3.05) is 5.32 Å². The Morgan fingerprint density at radius 1 is 0.974 bits per heavy atom. The lowest BCUT2D eigenvalue weighted by Crippen LogP contribution is -2.21. The molecule has 0 bridgehead atoms. The van der Waals surface area contributed by atoms with Crippen LogP contribution in [-0.4, -0.2) is 40.6 Å². The van der Waals surface area contributed by atoms with Crippen molar-refractivity contribution in [3.63, 3.8) is 0 Å². The van der Waals surface area contributed by atoms with E-state index in [1.54, 1.807) is 12.1 Å². The summed E-state index contributed by atoms with van der Waals surface area (Å²) in [5.41, 5.74) is -0.754. The van der Waals surface area contributed by atoms with Crippen LogP contribution in [0.25, 0.3) is 22.3 Å². The summed E-state index contributed by atoms with van der Waals surface area (Å²) in [4.78, 5) is 22.9. The molecule has 0 atom stereocenters. The zero-order chi connectivity index (χ0) is 27.1. The number of fused-ring (bicyclic) bond motifs is 1. The van der Waals surface area contributed by atoms with Crippen LogP contribution in [0.1, 0.15) is 53.3 Å². The first-order chi connectivity index (χ1) is 18.8. The lowest BCUT2D eigenvalue weighted by Gasteiger charge is -2.17. The SMILES string of the molecule is O=C(Nc1cnc(-n2nccn2)c(Cl)c1)c1cnn(-c2cnc(C3CCCC3)c3ccccc23)c1C(F)(F)F. The molecule has 0 spiro atoms. The van der Waals surface area contributed by atoms with Gasteiger partial charge in [-0.3, -0.25) is 9.78 Å². The number of amides is 1. The largest absolute Gasteiger partial charge is 0.434 e. The molecular weight excluding hydrogens is 533 g/mol. The van der Waals surface area contributed by atoms with E-state index in [2.05, 4.69) is 30.6 Å². The van der Waals surface area contributed by atoms with Gasteiger partial charge < -0.3 is 5.32 Å². The Labute approximate surface area is 224 Å². The first kappa shape index (κ1) is 25.0. The number of rotatable bonds is 5. The van der Waals surface area contributed by atoms with E-state index < -0.39 is 23.3 Å². The van der Waals surface area contributed by atoms with Gasteiger partial charge in [-0.1, -0.05) is 48.7 Å². The normalized spacial score (nSPS) is 14.3. The van der Waals surface area contributed by atoms with Crippen LogP contribution in [0.4, 0.5) is 18.9 Å². The Balaban J connectivity index is 1.38. The fraction of sp³-hybridized carbons (Fsp3) is 0.231. The Morgan fingerprint density at radius 2 is 1.69 bits per heavy atom. The molecule has 1 aliphatic rings. The van der Waals surface area contributed by atoms with Crippen molar-refractivity contribution in [2.45, 2.75) is 37.8 Å². The van der Waals surface area contributed by atoms with Gasteiger partial charge in [0, 0.05) is 16.7 Å². The number of benzene rings is 1. The van der Waals surface area contributed by atoms with Crippen LogP contribution in [0, 0.1) is 0 Å². The minimum atomic E-state index is -4.89. The van der Waals surface area contributed by atoms with Crippen molar-refractivity contribution in [3.05, 3.63) is 83.3 Å². The highest BCUT2D eigenvalue weighted by Crippen LogP contribution is 2.39. The van der Waals surface area contributed by atoms with Crippen molar-refractivity contribution in [1.29, 1.82) is 0 Å². The first-order valence-electron chi connectivity index (χ1n) is 12.2.